The van der Waals surface area contributed by atoms with E-state index in [2.05, 4.69) is 0 Å². The standard InChI is InChI=1S/C16H14O2S/c17-15(14-9-5-2-6-10-14)11-16(18)19-12-13-7-3-1-4-8-13/h1-10H,11-12H2. The summed E-state index contributed by atoms with van der Waals surface area (Å²) in [5.41, 5.74) is 1.68. The lowest BCUT2D eigenvalue weighted by Gasteiger charge is -2.01. The molecular weight excluding hydrogens is 256 g/mol. The van der Waals surface area contributed by atoms with Gasteiger partial charge in [0, 0.05) is 11.3 Å². The van der Waals surface area contributed by atoms with E-state index in [0.29, 0.717) is 11.3 Å². The van der Waals surface area contributed by atoms with Gasteiger partial charge in [0.15, 0.2) is 10.9 Å². The molecule has 0 saturated carbocycles. The van der Waals surface area contributed by atoms with E-state index < -0.39 is 0 Å². The summed E-state index contributed by atoms with van der Waals surface area (Å²) < 4.78 is 0. The minimum atomic E-state index is -0.119. The van der Waals surface area contributed by atoms with Crippen LogP contribution in [0.4, 0.5) is 0 Å². The second-order valence-electron chi connectivity index (χ2n) is 4.11. The molecule has 0 fully saturated rings. The van der Waals surface area contributed by atoms with Crippen LogP contribution in [0.2, 0.25) is 0 Å². The fourth-order valence-electron chi connectivity index (χ4n) is 1.65. The Kier molecular flexibility index (Phi) is 4.93. The van der Waals surface area contributed by atoms with Crippen LogP contribution in [0.3, 0.4) is 0 Å². The van der Waals surface area contributed by atoms with Crippen molar-refractivity contribution in [3.8, 4) is 0 Å². The monoisotopic (exact) mass is 270 g/mol. The molecule has 2 nitrogen and oxygen atoms in total. The van der Waals surface area contributed by atoms with E-state index in [1.807, 2.05) is 36.4 Å². The first kappa shape index (κ1) is 13.6. The number of ketones is 1. The Morgan fingerprint density at radius 2 is 1.42 bits per heavy atom. The molecule has 0 aliphatic carbocycles. The average molecular weight is 270 g/mol. The number of rotatable bonds is 5. The number of Topliss-reactive ketones (excluding diaryl/α,β-unsaturated/α-hetero) is 1. The van der Waals surface area contributed by atoms with Crippen molar-refractivity contribution in [2.24, 2.45) is 0 Å². The molecule has 0 heterocycles. The predicted octanol–water partition coefficient (Wildman–Crippen LogP) is 3.72. The van der Waals surface area contributed by atoms with E-state index in [4.69, 9.17) is 0 Å². The summed E-state index contributed by atoms with van der Waals surface area (Å²) in [4.78, 5) is 23.6. The fraction of sp³-hybridized carbons (Fsp3) is 0.125. The molecule has 3 heteroatoms. The molecule has 0 spiro atoms. The molecule has 0 bridgehead atoms. The number of carbonyl (C=O) groups excluding carboxylic acids is 2. The van der Waals surface area contributed by atoms with E-state index in [1.54, 1.807) is 24.3 Å². The Balaban J connectivity index is 1.83. The molecule has 19 heavy (non-hydrogen) atoms. The van der Waals surface area contributed by atoms with Crippen LogP contribution in [0.25, 0.3) is 0 Å². The summed E-state index contributed by atoms with van der Waals surface area (Å²) >= 11 is 1.19. The van der Waals surface area contributed by atoms with Crippen molar-refractivity contribution in [3.05, 3.63) is 71.8 Å². The normalized spacial score (nSPS) is 10.1. The highest BCUT2D eigenvalue weighted by Crippen LogP contribution is 2.16. The average Bonchev–Trinajstić information content (AvgIpc) is 2.47. The van der Waals surface area contributed by atoms with Gasteiger partial charge in [-0.25, -0.2) is 0 Å². The zero-order valence-corrected chi connectivity index (χ0v) is 11.2. The van der Waals surface area contributed by atoms with E-state index >= 15 is 0 Å². The van der Waals surface area contributed by atoms with E-state index in [1.165, 1.54) is 11.8 Å². The molecule has 0 aliphatic rings. The molecule has 0 saturated heterocycles. The van der Waals surface area contributed by atoms with Gasteiger partial charge in [0.1, 0.15) is 0 Å². The fourth-order valence-corrected chi connectivity index (χ4v) is 2.40. The number of benzene rings is 2. The molecule has 2 aromatic rings. The third kappa shape index (κ3) is 4.38. The van der Waals surface area contributed by atoms with Gasteiger partial charge in [0.05, 0.1) is 6.42 Å². The maximum Gasteiger partial charge on any atom is 0.197 e. The first-order valence-corrected chi connectivity index (χ1v) is 7.02. The maximum absolute atomic E-state index is 11.8. The molecule has 96 valence electrons. The first-order valence-electron chi connectivity index (χ1n) is 6.03. The van der Waals surface area contributed by atoms with Gasteiger partial charge in [0.25, 0.3) is 0 Å². The number of hydrogen-bond donors (Lipinski definition) is 0. The quantitative estimate of drug-likeness (QED) is 0.613. The Morgan fingerprint density at radius 1 is 0.842 bits per heavy atom. The molecule has 0 N–H and O–H groups in total. The lowest BCUT2D eigenvalue weighted by molar-refractivity contribution is -0.110. The van der Waals surface area contributed by atoms with Crippen molar-refractivity contribution >= 4 is 22.7 Å². The van der Waals surface area contributed by atoms with Gasteiger partial charge < -0.3 is 0 Å². The van der Waals surface area contributed by atoms with Gasteiger partial charge in [-0.15, -0.1) is 0 Å². The third-order valence-electron chi connectivity index (χ3n) is 2.64. The highest BCUT2D eigenvalue weighted by atomic mass is 32.2. The van der Waals surface area contributed by atoms with Crippen molar-refractivity contribution in [3.63, 3.8) is 0 Å². The lowest BCUT2D eigenvalue weighted by atomic mass is 10.1. The zero-order chi connectivity index (χ0) is 13.5. The molecule has 0 radical (unpaired) electrons. The second kappa shape index (κ2) is 6.90. The molecule has 0 aromatic heterocycles. The predicted molar refractivity (Wildman–Crippen MR) is 78.1 cm³/mol. The van der Waals surface area contributed by atoms with Gasteiger partial charge in [-0.3, -0.25) is 9.59 Å². The Morgan fingerprint density at radius 3 is 2.05 bits per heavy atom. The zero-order valence-electron chi connectivity index (χ0n) is 10.4. The number of hydrogen-bond acceptors (Lipinski definition) is 3. The molecular formula is C16H14O2S. The summed E-state index contributed by atoms with van der Waals surface area (Å²) in [6.45, 7) is 0. The summed E-state index contributed by atoms with van der Waals surface area (Å²) in [6.07, 6.45) is -0.0402. The van der Waals surface area contributed by atoms with Gasteiger partial charge in [-0.05, 0) is 5.56 Å². The summed E-state index contributed by atoms with van der Waals surface area (Å²) in [6, 6.07) is 18.7. The second-order valence-corrected chi connectivity index (χ2v) is 5.14. The van der Waals surface area contributed by atoms with Crippen LogP contribution in [-0.2, 0) is 10.5 Å². The van der Waals surface area contributed by atoms with Crippen molar-refractivity contribution in [2.45, 2.75) is 12.2 Å². The van der Waals surface area contributed by atoms with E-state index in [0.717, 1.165) is 5.56 Å². The summed E-state index contributed by atoms with van der Waals surface area (Å²) in [7, 11) is 0. The maximum atomic E-state index is 11.8. The van der Waals surface area contributed by atoms with Crippen LogP contribution >= 0.6 is 11.8 Å². The van der Waals surface area contributed by atoms with Crippen LogP contribution in [0.15, 0.2) is 60.7 Å². The highest BCUT2D eigenvalue weighted by Gasteiger charge is 2.11. The Hall–Kier alpha value is -1.87. The van der Waals surface area contributed by atoms with Crippen molar-refractivity contribution in [1.82, 2.24) is 0 Å². The topological polar surface area (TPSA) is 34.1 Å². The van der Waals surface area contributed by atoms with E-state index in [9.17, 15) is 9.59 Å². The SMILES string of the molecule is O=C(CC(=O)c1ccccc1)SCc1ccccc1. The van der Waals surface area contributed by atoms with E-state index in [-0.39, 0.29) is 17.3 Å². The van der Waals surface area contributed by atoms with Crippen LogP contribution in [0.5, 0.6) is 0 Å². The third-order valence-corrected chi connectivity index (χ3v) is 3.59. The molecule has 0 unspecified atom stereocenters. The Labute approximate surface area is 116 Å². The largest absolute Gasteiger partial charge is 0.294 e. The molecule has 2 rings (SSSR count). The van der Waals surface area contributed by atoms with Crippen LogP contribution in [0, 0.1) is 0 Å². The van der Waals surface area contributed by atoms with Crippen molar-refractivity contribution in [2.75, 3.05) is 0 Å². The first-order chi connectivity index (χ1) is 9.25. The summed E-state index contributed by atoms with van der Waals surface area (Å²) in [5, 5.41) is -0.0855. The van der Waals surface area contributed by atoms with Gasteiger partial charge in [0.2, 0.25) is 0 Å². The van der Waals surface area contributed by atoms with Gasteiger partial charge >= 0.3 is 0 Å². The van der Waals surface area contributed by atoms with Crippen LogP contribution in [0.1, 0.15) is 22.3 Å². The lowest BCUT2D eigenvalue weighted by Crippen LogP contribution is -2.05. The highest BCUT2D eigenvalue weighted by molar-refractivity contribution is 8.13. The molecule has 2 aromatic carbocycles. The molecule has 0 aliphatic heterocycles. The Bertz CT molecular complexity index is 549. The van der Waals surface area contributed by atoms with Gasteiger partial charge in [-0.2, -0.15) is 0 Å². The minimum absolute atomic E-state index is 0.0402. The molecule has 0 amide bonds. The van der Waals surface area contributed by atoms with Gasteiger partial charge in [-0.1, -0.05) is 72.4 Å². The molecule has 0 atom stereocenters. The summed E-state index contributed by atoms with van der Waals surface area (Å²) in [5.74, 6) is 0.494. The van der Waals surface area contributed by atoms with Crippen molar-refractivity contribution in [1.29, 1.82) is 0 Å². The number of carbonyl (C=O) groups is 2. The van der Waals surface area contributed by atoms with Crippen LogP contribution in [-0.4, -0.2) is 10.9 Å². The smallest absolute Gasteiger partial charge is 0.197 e. The van der Waals surface area contributed by atoms with Crippen molar-refractivity contribution < 1.29 is 9.59 Å². The minimum Gasteiger partial charge on any atom is -0.294 e. The van der Waals surface area contributed by atoms with Crippen LogP contribution < -0.4 is 0 Å². The number of thioether (sulfide) groups is 1.